The summed E-state index contributed by atoms with van der Waals surface area (Å²) >= 11 is 10.9. The zero-order valence-corrected chi connectivity index (χ0v) is 8.05. The fourth-order valence-corrected chi connectivity index (χ4v) is 1.02. The molecular weight excluding hydrogens is 211 g/mol. The Kier molecular flexibility index (Phi) is 3.80. The first kappa shape index (κ1) is 10.1. The molecule has 0 aliphatic carbocycles. The van der Waals surface area contributed by atoms with Crippen molar-refractivity contribution < 1.29 is 9.53 Å². The summed E-state index contributed by atoms with van der Waals surface area (Å²) < 4.78 is 4.84. The largest absolute Gasteiger partial charge is 0.423 e. The van der Waals surface area contributed by atoms with E-state index in [1.54, 1.807) is 24.3 Å². The van der Waals surface area contributed by atoms with Crippen LogP contribution in [0.3, 0.4) is 0 Å². The van der Waals surface area contributed by atoms with Crippen molar-refractivity contribution in [3.05, 3.63) is 40.9 Å². The summed E-state index contributed by atoms with van der Waals surface area (Å²) in [7, 11) is 0. The number of hydrogen-bond donors (Lipinski definition) is 0. The molecule has 0 N–H and O–H groups in total. The van der Waals surface area contributed by atoms with Crippen molar-refractivity contribution in [2.45, 2.75) is 0 Å². The fourth-order valence-electron chi connectivity index (χ4n) is 0.732. The average Bonchev–Trinajstić information content (AvgIpc) is 2.04. The van der Waals surface area contributed by atoms with E-state index >= 15 is 0 Å². The number of rotatable bonds is 2. The molecule has 4 heteroatoms. The van der Waals surface area contributed by atoms with Crippen LogP contribution in [0.1, 0.15) is 0 Å². The van der Waals surface area contributed by atoms with Crippen LogP contribution in [0, 0.1) is 0 Å². The standard InChI is InChI=1S/C9H6Cl2O2/c10-5-4-9(12)13-8-3-1-2-7(11)6-8/h1-6H/b5-4-. The minimum absolute atomic E-state index is 0.396. The Balaban J connectivity index is 2.69. The summed E-state index contributed by atoms with van der Waals surface area (Å²) in [5.74, 6) is -0.135. The SMILES string of the molecule is O=C(/C=C\Cl)Oc1cccc(Cl)c1. The van der Waals surface area contributed by atoms with Gasteiger partial charge in [-0.3, -0.25) is 0 Å². The van der Waals surface area contributed by atoms with E-state index in [2.05, 4.69) is 0 Å². The van der Waals surface area contributed by atoms with Crippen LogP contribution in [0.25, 0.3) is 0 Å². The van der Waals surface area contributed by atoms with Gasteiger partial charge in [-0.1, -0.05) is 29.3 Å². The van der Waals surface area contributed by atoms with E-state index in [9.17, 15) is 4.79 Å². The smallest absolute Gasteiger partial charge is 0.337 e. The predicted octanol–water partition coefficient (Wildman–Crippen LogP) is 3.00. The van der Waals surface area contributed by atoms with Crippen LogP contribution >= 0.6 is 23.2 Å². The van der Waals surface area contributed by atoms with Gasteiger partial charge in [0, 0.05) is 16.6 Å². The number of esters is 1. The first-order valence-electron chi connectivity index (χ1n) is 3.46. The lowest BCUT2D eigenvalue weighted by molar-refractivity contribution is -0.128. The molecule has 0 radical (unpaired) electrons. The van der Waals surface area contributed by atoms with E-state index < -0.39 is 5.97 Å². The molecule has 1 aromatic rings. The first-order valence-corrected chi connectivity index (χ1v) is 4.28. The second-order valence-corrected chi connectivity index (χ2v) is 2.86. The third kappa shape index (κ3) is 3.49. The van der Waals surface area contributed by atoms with Gasteiger partial charge in [0.05, 0.1) is 0 Å². The molecule has 1 aromatic carbocycles. The highest BCUT2D eigenvalue weighted by molar-refractivity contribution is 6.30. The monoisotopic (exact) mass is 216 g/mol. The van der Waals surface area contributed by atoms with E-state index in [1.807, 2.05) is 0 Å². The van der Waals surface area contributed by atoms with Crippen LogP contribution in [0.2, 0.25) is 5.02 Å². The number of hydrogen-bond acceptors (Lipinski definition) is 2. The lowest BCUT2D eigenvalue weighted by atomic mass is 10.3. The molecule has 0 aliphatic heterocycles. The molecule has 0 bridgehead atoms. The lowest BCUT2D eigenvalue weighted by Crippen LogP contribution is -2.02. The first-order chi connectivity index (χ1) is 6.22. The third-order valence-electron chi connectivity index (χ3n) is 1.21. The van der Waals surface area contributed by atoms with Gasteiger partial charge in [-0.15, -0.1) is 0 Å². The highest BCUT2D eigenvalue weighted by atomic mass is 35.5. The van der Waals surface area contributed by atoms with Gasteiger partial charge < -0.3 is 4.74 Å². The Bertz CT molecular complexity index is 334. The molecule has 13 heavy (non-hydrogen) atoms. The zero-order chi connectivity index (χ0) is 9.68. The van der Waals surface area contributed by atoms with Crippen LogP contribution in [0.4, 0.5) is 0 Å². The number of carbonyl (C=O) groups excluding carboxylic acids is 1. The van der Waals surface area contributed by atoms with Gasteiger partial charge in [0.1, 0.15) is 5.75 Å². The van der Waals surface area contributed by atoms with Crippen LogP contribution in [0.5, 0.6) is 5.75 Å². The zero-order valence-electron chi connectivity index (χ0n) is 6.54. The highest BCUT2D eigenvalue weighted by Crippen LogP contribution is 2.17. The van der Waals surface area contributed by atoms with Gasteiger partial charge in [-0.05, 0) is 18.2 Å². The lowest BCUT2D eigenvalue weighted by Gasteiger charge is -2.00. The van der Waals surface area contributed by atoms with Crippen molar-refractivity contribution in [1.82, 2.24) is 0 Å². The molecule has 2 nitrogen and oxygen atoms in total. The van der Waals surface area contributed by atoms with Crippen LogP contribution in [-0.4, -0.2) is 5.97 Å². The molecule has 0 amide bonds. The molecule has 68 valence electrons. The number of benzene rings is 1. The van der Waals surface area contributed by atoms with E-state index in [1.165, 1.54) is 0 Å². The van der Waals surface area contributed by atoms with Gasteiger partial charge >= 0.3 is 5.97 Å². The molecule has 0 fully saturated rings. The number of ether oxygens (including phenoxy) is 1. The Morgan fingerprint density at radius 1 is 1.46 bits per heavy atom. The fraction of sp³-hybridized carbons (Fsp3) is 0. The molecule has 0 aromatic heterocycles. The molecular formula is C9H6Cl2O2. The maximum absolute atomic E-state index is 10.9. The van der Waals surface area contributed by atoms with Crippen molar-refractivity contribution in [2.75, 3.05) is 0 Å². The molecule has 0 saturated heterocycles. The Morgan fingerprint density at radius 2 is 2.23 bits per heavy atom. The summed E-state index contributed by atoms with van der Waals surface area (Å²) in [6.45, 7) is 0. The predicted molar refractivity (Wildman–Crippen MR) is 52.1 cm³/mol. The summed E-state index contributed by atoms with van der Waals surface area (Å²) in [4.78, 5) is 10.9. The van der Waals surface area contributed by atoms with Gasteiger partial charge in [-0.25, -0.2) is 4.79 Å². The number of halogens is 2. The Morgan fingerprint density at radius 3 is 2.85 bits per heavy atom. The van der Waals surface area contributed by atoms with Crippen molar-refractivity contribution in [3.8, 4) is 5.75 Å². The maximum Gasteiger partial charge on any atom is 0.337 e. The maximum atomic E-state index is 10.9. The normalized spacial score (nSPS) is 10.3. The van der Waals surface area contributed by atoms with Gasteiger partial charge in [-0.2, -0.15) is 0 Å². The Labute approximate surface area is 85.7 Å². The summed E-state index contributed by atoms with van der Waals surface area (Å²) in [6, 6.07) is 6.55. The van der Waals surface area contributed by atoms with Crippen molar-refractivity contribution >= 4 is 29.2 Å². The third-order valence-corrected chi connectivity index (χ3v) is 1.57. The molecule has 0 saturated carbocycles. The van der Waals surface area contributed by atoms with Gasteiger partial charge in [0.25, 0.3) is 0 Å². The Hall–Kier alpha value is -0.990. The van der Waals surface area contributed by atoms with Gasteiger partial charge in [0.2, 0.25) is 0 Å². The second-order valence-electron chi connectivity index (χ2n) is 2.17. The van der Waals surface area contributed by atoms with Crippen LogP contribution in [0.15, 0.2) is 35.9 Å². The van der Waals surface area contributed by atoms with E-state index in [-0.39, 0.29) is 0 Å². The van der Waals surface area contributed by atoms with Crippen molar-refractivity contribution in [3.63, 3.8) is 0 Å². The number of carbonyl (C=O) groups is 1. The molecule has 0 unspecified atom stereocenters. The van der Waals surface area contributed by atoms with E-state index in [4.69, 9.17) is 27.9 Å². The quantitative estimate of drug-likeness (QED) is 0.432. The minimum Gasteiger partial charge on any atom is -0.423 e. The second kappa shape index (κ2) is 4.90. The highest BCUT2D eigenvalue weighted by Gasteiger charge is 1.99. The molecule has 0 spiro atoms. The van der Waals surface area contributed by atoms with Crippen molar-refractivity contribution in [1.29, 1.82) is 0 Å². The van der Waals surface area contributed by atoms with Crippen LogP contribution < -0.4 is 4.74 Å². The minimum atomic E-state index is -0.530. The molecule has 0 heterocycles. The van der Waals surface area contributed by atoms with Crippen molar-refractivity contribution in [2.24, 2.45) is 0 Å². The van der Waals surface area contributed by atoms with E-state index in [0.717, 1.165) is 11.6 Å². The summed E-state index contributed by atoms with van der Waals surface area (Å²) in [5, 5.41) is 0.514. The van der Waals surface area contributed by atoms with Crippen LogP contribution in [-0.2, 0) is 4.79 Å². The summed E-state index contributed by atoms with van der Waals surface area (Å²) in [5.41, 5.74) is 1.09. The van der Waals surface area contributed by atoms with E-state index in [0.29, 0.717) is 10.8 Å². The molecule has 0 aliphatic rings. The topological polar surface area (TPSA) is 26.3 Å². The molecule has 1 rings (SSSR count). The van der Waals surface area contributed by atoms with Gasteiger partial charge in [0.15, 0.2) is 0 Å². The molecule has 0 atom stereocenters. The summed E-state index contributed by atoms with van der Waals surface area (Å²) in [6.07, 6.45) is 1.11. The average molecular weight is 217 g/mol.